The van der Waals surface area contributed by atoms with Gasteiger partial charge in [-0.25, -0.2) is 9.78 Å². The van der Waals surface area contributed by atoms with E-state index in [1.54, 1.807) is 11.3 Å². The monoisotopic (exact) mass is 376 g/mol. The van der Waals surface area contributed by atoms with E-state index in [1.165, 1.54) is 11.1 Å². The van der Waals surface area contributed by atoms with E-state index in [0.29, 0.717) is 5.69 Å². The van der Waals surface area contributed by atoms with Crippen LogP contribution in [0, 0.1) is 13.8 Å². The number of carboxylic acids is 1. The summed E-state index contributed by atoms with van der Waals surface area (Å²) in [7, 11) is 0. The van der Waals surface area contributed by atoms with E-state index in [1.807, 2.05) is 34.7 Å². The predicted octanol–water partition coefficient (Wildman–Crippen LogP) is 5.61. The minimum atomic E-state index is -0.966. The van der Waals surface area contributed by atoms with Crippen molar-refractivity contribution in [3.63, 3.8) is 0 Å². The first kappa shape index (κ1) is 17.5. The van der Waals surface area contributed by atoms with Crippen LogP contribution >= 0.6 is 11.3 Å². The van der Waals surface area contributed by atoms with Crippen LogP contribution in [0.5, 0.6) is 0 Å². The third kappa shape index (κ3) is 2.84. The fourth-order valence-corrected chi connectivity index (χ4v) is 4.45. The lowest BCUT2D eigenvalue weighted by atomic mass is 10.0. The molecule has 0 aliphatic rings. The summed E-state index contributed by atoms with van der Waals surface area (Å²) in [5.41, 5.74) is 5.93. The summed E-state index contributed by atoms with van der Waals surface area (Å²) >= 11 is 1.56. The summed E-state index contributed by atoms with van der Waals surface area (Å²) < 4.78 is 1.82. The largest absolute Gasteiger partial charge is 0.476 e. The van der Waals surface area contributed by atoms with E-state index in [4.69, 9.17) is 4.98 Å². The molecule has 0 aliphatic heterocycles. The van der Waals surface area contributed by atoms with E-state index in [-0.39, 0.29) is 5.69 Å². The fourth-order valence-electron chi connectivity index (χ4n) is 3.37. The summed E-state index contributed by atoms with van der Waals surface area (Å²) in [5, 5.41) is 10.0. The molecule has 0 saturated heterocycles. The molecule has 0 atom stereocenters. The van der Waals surface area contributed by atoms with Gasteiger partial charge < -0.3 is 5.11 Å². The van der Waals surface area contributed by atoms with E-state index in [2.05, 4.69) is 39.0 Å². The smallest absolute Gasteiger partial charge is 0.355 e. The molecule has 4 nitrogen and oxygen atoms in total. The van der Waals surface area contributed by atoms with Gasteiger partial charge in [0, 0.05) is 10.4 Å². The highest BCUT2D eigenvalue weighted by atomic mass is 32.1. The summed E-state index contributed by atoms with van der Waals surface area (Å²) in [6.07, 6.45) is 0.829. The van der Waals surface area contributed by atoms with Gasteiger partial charge in [-0.3, -0.25) is 4.40 Å². The Bertz CT molecular complexity index is 1160. The van der Waals surface area contributed by atoms with Gasteiger partial charge in [0.1, 0.15) is 5.69 Å². The van der Waals surface area contributed by atoms with Gasteiger partial charge in [-0.15, -0.1) is 11.3 Å². The second-order valence-corrected chi connectivity index (χ2v) is 7.69. The van der Waals surface area contributed by atoms with E-state index in [9.17, 15) is 9.90 Å². The number of rotatable bonds is 4. The molecule has 2 aromatic carbocycles. The van der Waals surface area contributed by atoms with Crippen LogP contribution in [0.3, 0.4) is 0 Å². The van der Waals surface area contributed by atoms with Gasteiger partial charge in [-0.1, -0.05) is 49.4 Å². The van der Waals surface area contributed by atoms with Gasteiger partial charge in [0.15, 0.2) is 10.7 Å². The normalized spacial score (nSPS) is 11.2. The van der Waals surface area contributed by atoms with Crippen LogP contribution in [0.4, 0.5) is 0 Å². The van der Waals surface area contributed by atoms with Crippen molar-refractivity contribution >= 4 is 22.3 Å². The van der Waals surface area contributed by atoms with Crippen molar-refractivity contribution < 1.29 is 9.90 Å². The first-order valence-corrected chi connectivity index (χ1v) is 9.73. The molecule has 5 heteroatoms. The first-order chi connectivity index (χ1) is 13.0. The number of carboxylic acid groups (broad SMARTS) is 1. The minimum absolute atomic E-state index is 0.223. The fraction of sp³-hybridized carbons (Fsp3) is 0.182. The Morgan fingerprint density at radius 3 is 2.44 bits per heavy atom. The SMILES string of the molecule is CCc1sc2nc(-c3ccccc3)c(C(=O)O)n2c1-c1ccc(C)c(C)c1. The van der Waals surface area contributed by atoms with Crippen LogP contribution in [0.2, 0.25) is 0 Å². The van der Waals surface area contributed by atoms with E-state index < -0.39 is 5.97 Å². The number of imidazole rings is 1. The van der Waals surface area contributed by atoms with Crippen molar-refractivity contribution in [3.8, 4) is 22.5 Å². The molecule has 0 amide bonds. The molecule has 27 heavy (non-hydrogen) atoms. The topological polar surface area (TPSA) is 54.6 Å². The van der Waals surface area contributed by atoms with E-state index >= 15 is 0 Å². The number of thiazole rings is 1. The van der Waals surface area contributed by atoms with Gasteiger partial charge in [-0.2, -0.15) is 0 Å². The molecule has 0 aliphatic carbocycles. The van der Waals surface area contributed by atoms with Gasteiger partial charge in [0.25, 0.3) is 0 Å². The lowest BCUT2D eigenvalue weighted by Crippen LogP contribution is -2.05. The number of hydrogen-bond donors (Lipinski definition) is 1. The molecule has 0 radical (unpaired) electrons. The molecule has 2 heterocycles. The zero-order valence-corrected chi connectivity index (χ0v) is 16.3. The molecular formula is C22H20N2O2S. The number of hydrogen-bond acceptors (Lipinski definition) is 3. The van der Waals surface area contributed by atoms with Gasteiger partial charge in [0.2, 0.25) is 0 Å². The van der Waals surface area contributed by atoms with Crippen LogP contribution in [-0.4, -0.2) is 20.5 Å². The maximum atomic E-state index is 12.2. The van der Waals surface area contributed by atoms with Crippen LogP contribution in [0.1, 0.15) is 33.4 Å². The number of carbonyl (C=O) groups is 1. The standard InChI is InChI=1S/C22H20N2O2S/c1-4-17-19(16-11-10-13(2)14(3)12-16)24-20(21(25)26)18(23-22(24)27-17)15-8-6-5-7-9-15/h5-12H,4H2,1-3H3,(H,25,26). The highest BCUT2D eigenvalue weighted by molar-refractivity contribution is 7.17. The Kier molecular flexibility index (Phi) is 4.32. The second-order valence-electron chi connectivity index (χ2n) is 6.62. The lowest BCUT2D eigenvalue weighted by molar-refractivity contribution is 0.0690. The molecule has 4 rings (SSSR count). The van der Waals surface area contributed by atoms with Crippen LogP contribution in [0.25, 0.3) is 27.5 Å². The highest BCUT2D eigenvalue weighted by Crippen LogP contribution is 2.37. The number of aryl methyl sites for hydroxylation is 3. The number of aromatic carboxylic acids is 1. The quantitative estimate of drug-likeness (QED) is 0.504. The van der Waals surface area contributed by atoms with Crippen molar-refractivity contribution in [2.75, 3.05) is 0 Å². The Hall–Kier alpha value is -2.92. The summed E-state index contributed by atoms with van der Waals surface area (Å²) in [6.45, 7) is 6.25. The zero-order valence-electron chi connectivity index (χ0n) is 15.5. The molecular weight excluding hydrogens is 356 g/mol. The van der Waals surface area contributed by atoms with Crippen LogP contribution < -0.4 is 0 Å². The lowest BCUT2D eigenvalue weighted by Gasteiger charge is -2.09. The van der Waals surface area contributed by atoms with Gasteiger partial charge >= 0.3 is 5.97 Å². The van der Waals surface area contributed by atoms with Crippen molar-refractivity contribution in [2.45, 2.75) is 27.2 Å². The Labute approximate surface area is 161 Å². The first-order valence-electron chi connectivity index (χ1n) is 8.91. The predicted molar refractivity (Wildman–Crippen MR) is 110 cm³/mol. The average molecular weight is 376 g/mol. The molecule has 4 aromatic rings. The minimum Gasteiger partial charge on any atom is -0.476 e. The van der Waals surface area contributed by atoms with Gasteiger partial charge in [0.05, 0.1) is 5.69 Å². The number of benzene rings is 2. The van der Waals surface area contributed by atoms with Gasteiger partial charge in [-0.05, 0) is 43.0 Å². The Morgan fingerprint density at radius 1 is 1.07 bits per heavy atom. The molecule has 1 N–H and O–H groups in total. The highest BCUT2D eigenvalue weighted by Gasteiger charge is 2.26. The van der Waals surface area contributed by atoms with E-state index in [0.717, 1.165) is 33.1 Å². The molecule has 0 spiro atoms. The summed E-state index contributed by atoms with van der Waals surface area (Å²) in [6, 6.07) is 15.8. The Morgan fingerprint density at radius 2 is 1.81 bits per heavy atom. The Balaban J connectivity index is 2.07. The third-order valence-corrected chi connectivity index (χ3v) is 6.08. The third-order valence-electron chi connectivity index (χ3n) is 4.90. The summed E-state index contributed by atoms with van der Waals surface area (Å²) in [4.78, 5) is 18.8. The molecule has 0 fully saturated rings. The molecule has 0 unspecified atom stereocenters. The van der Waals surface area contributed by atoms with Crippen LogP contribution in [0.15, 0.2) is 48.5 Å². The summed E-state index contributed by atoms with van der Waals surface area (Å²) in [5.74, 6) is -0.966. The molecule has 2 aromatic heterocycles. The van der Waals surface area contributed by atoms with Crippen LogP contribution in [-0.2, 0) is 6.42 Å². The van der Waals surface area contributed by atoms with Crippen molar-refractivity contribution in [1.82, 2.24) is 9.38 Å². The molecule has 0 bridgehead atoms. The number of aromatic nitrogens is 2. The molecule has 0 saturated carbocycles. The zero-order chi connectivity index (χ0) is 19.1. The average Bonchev–Trinajstić information content (AvgIpc) is 3.20. The van der Waals surface area contributed by atoms with Crippen molar-refractivity contribution in [2.24, 2.45) is 0 Å². The van der Waals surface area contributed by atoms with Crippen molar-refractivity contribution in [3.05, 3.63) is 70.2 Å². The maximum Gasteiger partial charge on any atom is 0.355 e. The maximum absolute atomic E-state index is 12.2. The molecule has 136 valence electrons. The van der Waals surface area contributed by atoms with Crippen molar-refractivity contribution in [1.29, 1.82) is 0 Å². The number of fused-ring (bicyclic) bond motifs is 1. The number of nitrogens with zero attached hydrogens (tertiary/aromatic N) is 2. The second kappa shape index (κ2) is 6.67.